The van der Waals surface area contributed by atoms with Gasteiger partial charge in [-0.15, -0.1) is 6.42 Å². The molecule has 2 aromatic heterocycles. The van der Waals surface area contributed by atoms with Crippen LogP contribution in [0.4, 0.5) is 0 Å². The lowest BCUT2D eigenvalue weighted by atomic mass is 10.2. The quantitative estimate of drug-likeness (QED) is 0.542. The molecule has 1 amide bonds. The molecule has 120 valence electrons. The summed E-state index contributed by atoms with van der Waals surface area (Å²) in [6.45, 7) is 0.252. The molecular formula is C17H12N2O4S. The molecule has 3 aromatic rings. The number of rotatable bonds is 3. The number of aromatic nitrogens is 1. The predicted molar refractivity (Wildman–Crippen MR) is 88.6 cm³/mol. The fraction of sp³-hybridized carbons (Fsp3) is 0.118. The van der Waals surface area contributed by atoms with Crippen LogP contribution in [0.1, 0.15) is 20.9 Å². The molecule has 7 heteroatoms. The molecule has 0 spiro atoms. The zero-order valence-corrected chi connectivity index (χ0v) is 13.5. The molecule has 0 aliphatic heterocycles. The molecule has 0 unspecified atom stereocenters. The van der Waals surface area contributed by atoms with Crippen molar-refractivity contribution in [3.05, 3.63) is 52.7 Å². The molecule has 0 N–H and O–H groups in total. The number of ether oxygens (including phenoxy) is 1. The third-order valence-corrected chi connectivity index (χ3v) is 4.32. The largest absolute Gasteiger partial charge is 0.465 e. The number of amides is 1. The van der Waals surface area contributed by atoms with Crippen molar-refractivity contribution >= 4 is 33.4 Å². The Balaban J connectivity index is 2.16. The summed E-state index contributed by atoms with van der Waals surface area (Å²) in [5, 5.41) is 0. The molecule has 24 heavy (non-hydrogen) atoms. The van der Waals surface area contributed by atoms with Crippen LogP contribution in [0.2, 0.25) is 0 Å². The van der Waals surface area contributed by atoms with Crippen LogP contribution in [-0.2, 0) is 11.3 Å². The number of carbonyl (C=O) groups is 2. The second-order valence-corrected chi connectivity index (χ2v) is 5.75. The molecule has 6 nitrogen and oxygen atoms in total. The second kappa shape index (κ2) is 6.56. The first-order chi connectivity index (χ1) is 11.6. The molecule has 0 aliphatic rings. The van der Waals surface area contributed by atoms with Gasteiger partial charge >= 0.3 is 11.9 Å². The minimum atomic E-state index is -0.495. The van der Waals surface area contributed by atoms with Crippen LogP contribution in [0.25, 0.3) is 10.2 Å². The zero-order valence-electron chi connectivity index (χ0n) is 12.7. The van der Waals surface area contributed by atoms with Crippen LogP contribution in [0.5, 0.6) is 0 Å². The maximum atomic E-state index is 12.1. The van der Waals surface area contributed by atoms with Crippen molar-refractivity contribution < 1.29 is 18.7 Å². The standard InChI is InChI=1S/C17H12N2O4S/c1-3-8-19-12-7-6-11(16(21)22-2)10-14(12)24-17(19)18-15(20)13-5-4-9-23-13/h1,4-7,9-10H,8H2,2H3. The molecule has 2 heterocycles. The van der Waals surface area contributed by atoms with Crippen LogP contribution >= 0.6 is 11.3 Å². The number of esters is 1. The summed E-state index contributed by atoms with van der Waals surface area (Å²) in [7, 11) is 1.32. The maximum absolute atomic E-state index is 12.1. The molecule has 3 rings (SSSR count). The number of carbonyl (C=O) groups excluding carboxylic acids is 2. The third-order valence-electron chi connectivity index (χ3n) is 3.28. The Hall–Kier alpha value is -3.11. The van der Waals surface area contributed by atoms with E-state index in [2.05, 4.69) is 10.9 Å². The topological polar surface area (TPSA) is 73.8 Å². The van der Waals surface area contributed by atoms with Gasteiger partial charge in [0.25, 0.3) is 0 Å². The zero-order chi connectivity index (χ0) is 17.1. The molecule has 0 fully saturated rings. The first kappa shape index (κ1) is 15.8. The summed E-state index contributed by atoms with van der Waals surface area (Å²) in [6, 6.07) is 8.25. The normalized spacial score (nSPS) is 11.4. The molecule has 0 bridgehead atoms. The highest BCUT2D eigenvalue weighted by molar-refractivity contribution is 7.16. The average Bonchev–Trinajstić information content (AvgIpc) is 3.23. The van der Waals surface area contributed by atoms with Gasteiger partial charge in [-0.2, -0.15) is 4.99 Å². The van der Waals surface area contributed by atoms with E-state index in [-0.39, 0.29) is 12.3 Å². The highest BCUT2D eigenvalue weighted by Gasteiger charge is 2.13. The molecule has 0 saturated carbocycles. The Morgan fingerprint density at radius 2 is 2.25 bits per heavy atom. The number of terminal acetylenes is 1. The number of hydrogen-bond donors (Lipinski definition) is 0. The van der Waals surface area contributed by atoms with Gasteiger partial charge in [0.05, 0.1) is 35.7 Å². The Morgan fingerprint density at radius 1 is 1.42 bits per heavy atom. The van der Waals surface area contributed by atoms with Crippen molar-refractivity contribution in [3.63, 3.8) is 0 Å². The first-order valence-corrected chi connectivity index (χ1v) is 7.73. The van der Waals surface area contributed by atoms with E-state index >= 15 is 0 Å². The number of benzene rings is 1. The van der Waals surface area contributed by atoms with E-state index in [1.165, 1.54) is 24.7 Å². The Kier molecular flexibility index (Phi) is 4.31. The second-order valence-electron chi connectivity index (χ2n) is 4.74. The van der Waals surface area contributed by atoms with Gasteiger partial charge in [-0.25, -0.2) is 4.79 Å². The lowest BCUT2D eigenvalue weighted by Crippen LogP contribution is -2.16. The van der Waals surface area contributed by atoms with Gasteiger partial charge in [0, 0.05) is 0 Å². The maximum Gasteiger partial charge on any atom is 0.337 e. The number of thiazole rings is 1. The van der Waals surface area contributed by atoms with E-state index in [4.69, 9.17) is 15.6 Å². The number of fused-ring (bicyclic) bond motifs is 1. The average molecular weight is 340 g/mol. The minimum Gasteiger partial charge on any atom is -0.465 e. The van der Waals surface area contributed by atoms with Gasteiger partial charge in [-0.3, -0.25) is 4.79 Å². The lowest BCUT2D eigenvalue weighted by molar-refractivity contribution is 0.0601. The highest BCUT2D eigenvalue weighted by Crippen LogP contribution is 2.20. The summed E-state index contributed by atoms with van der Waals surface area (Å²) in [5.41, 5.74) is 1.21. The monoisotopic (exact) mass is 340 g/mol. The molecule has 0 radical (unpaired) electrons. The molecule has 1 aromatic carbocycles. The van der Waals surface area contributed by atoms with E-state index in [1.54, 1.807) is 34.9 Å². The summed E-state index contributed by atoms with van der Waals surface area (Å²) >= 11 is 1.26. The van der Waals surface area contributed by atoms with Gasteiger partial charge in [-0.1, -0.05) is 17.3 Å². The SMILES string of the molecule is C#CCn1c(=NC(=O)c2ccco2)sc2cc(C(=O)OC)ccc21. The Morgan fingerprint density at radius 3 is 2.92 bits per heavy atom. The van der Waals surface area contributed by atoms with Gasteiger partial charge < -0.3 is 13.7 Å². The number of hydrogen-bond acceptors (Lipinski definition) is 5. The number of nitrogens with zero attached hydrogens (tertiary/aromatic N) is 2. The smallest absolute Gasteiger partial charge is 0.337 e. The number of furan rings is 1. The number of methoxy groups -OCH3 is 1. The molecule has 0 saturated heterocycles. The van der Waals surface area contributed by atoms with Crippen molar-refractivity contribution in [2.45, 2.75) is 6.54 Å². The predicted octanol–water partition coefficient (Wildman–Crippen LogP) is 2.46. The summed E-state index contributed by atoms with van der Waals surface area (Å²) < 4.78 is 12.3. The third kappa shape index (κ3) is 2.87. The summed E-state index contributed by atoms with van der Waals surface area (Å²) in [5.74, 6) is 1.76. The Labute approximate surface area is 141 Å². The fourth-order valence-corrected chi connectivity index (χ4v) is 3.26. The van der Waals surface area contributed by atoms with Gasteiger partial charge in [-0.05, 0) is 30.3 Å². The first-order valence-electron chi connectivity index (χ1n) is 6.91. The highest BCUT2D eigenvalue weighted by atomic mass is 32.1. The van der Waals surface area contributed by atoms with Crippen LogP contribution in [0.3, 0.4) is 0 Å². The van der Waals surface area contributed by atoms with Gasteiger partial charge in [0.2, 0.25) is 0 Å². The van der Waals surface area contributed by atoms with Crippen molar-refractivity contribution in [2.24, 2.45) is 4.99 Å². The summed E-state index contributed by atoms with van der Waals surface area (Å²) in [4.78, 5) is 28.3. The molecule has 0 aliphatic carbocycles. The van der Waals surface area contributed by atoms with E-state index in [9.17, 15) is 9.59 Å². The van der Waals surface area contributed by atoms with E-state index in [0.29, 0.717) is 10.4 Å². The lowest BCUT2D eigenvalue weighted by Gasteiger charge is -2.01. The van der Waals surface area contributed by atoms with E-state index in [0.717, 1.165) is 10.2 Å². The van der Waals surface area contributed by atoms with Crippen molar-refractivity contribution in [3.8, 4) is 12.3 Å². The van der Waals surface area contributed by atoms with Crippen molar-refractivity contribution in [2.75, 3.05) is 7.11 Å². The van der Waals surface area contributed by atoms with Gasteiger partial charge in [0.15, 0.2) is 10.6 Å². The fourth-order valence-electron chi connectivity index (χ4n) is 2.19. The Bertz CT molecular complexity index is 1020. The summed E-state index contributed by atoms with van der Waals surface area (Å²) in [6.07, 6.45) is 6.83. The van der Waals surface area contributed by atoms with Crippen LogP contribution in [0.15, 0.2) is 46.0 Å². The molecule has 0 atom stereocenters. The van der Waals surface area contributed by atoms with Crippen LogP contribution in [-0.4, -0.2) is 23.6 Å². The van der Waals surface area contributed by atoms with Crippen molar-refractivity contribution in [1.82, 2.24) is 4.57 Å². The van der Waals surface area contributed by atoms with Crippen LogP contribution < -0.4 is 4.80 Å². The van der Waals surface area contributed by atoms with E-state index in [1.807, 2.05) is 0 Å². The van der Waals surface area contributed by atoms with Crippen molar-refractivity contribution in [1.29, 1.82) is 0 Å². The van der Waals surface area contributed by atoms with E-state index < -0.39 is 11.9 Å². The van der Waals surface area contributed by atoms with Crippen LogP contribution in [0, 0.1) is 12.3 Å². The minimum absolute atomic E-state index is 0.148. The van der Waals surface area contributed by atoms with Gasteiger partial charge in [0.1, 0.15) is 0 Å². The molecular weight excluding hydrogens is 328 g/mol.